The number of nitrogens with one attached hydrogen (secondary N) is 1. The third-order valence-corrected chi connectivity index (χ3v) is 2.87. The number of amides is 2. The lowest BCUT2D eigenvalue weighted by Gasteiger charge is -2.20. The molecule has 5 nitrogen and oxygen atoms in total. The van der Waals surface area contributed by atoms with Gasteiger partial charge in [-0.25, -0.2) is 4.79 Å². The zero-order valence-corrected chi connectivity index (χ0v) is 11.7. The first-order valence-corrected chi connectivity index (χ1v) is 6.61. The third kappa shape index (κ3) is 8.13. The Hall–Kier alpha value is -1.65. The topological polar surface area (TPSA) is 83.5 Å². The molecule has 19 heavy (non-hydrogen) atoms. The van der Waals surface area contributed by atoms with Crippen molar-refractivity contribution >= 4 is 17.8 Å². The zero-order valence-electron chi connectivity index (χ0n) is 11.7. The van der Waals surface area contributed by atoms with E-state index in [2.05, 4.69) is 18.8 Å². The van der Waals surface area contributed by atoms with Crippen molar-refractivity contribution in [1.82, 2.24) is 5.32 Å². The van der Waals surface area contributed by atoms with Gasteiger partial charge in [0.2, 0.25) is 11.8 Å². The number of hydrogen-bond donors (Lipinski definition) is 2. The minimum atomic E-state index is -0.935. The summed E-state index contributed by atoms with van der Waals surface area (Å²) < 4.78 is 0. The molecule has 0 aliphatic carbocycles. The second-order valence-corrected chi connectivity index (χ2v) is 4.73. The highest BCUT2D eigenvalue weighted by Gasteiger charge is 2.25. The summed E-state index contributed by atoms with van der Waals surface area (Å²) >= 11 is 0. The summed E-state index contributed by atoms with van der Waals surface area (Å²) in [4.78, 5) is 31.7. The minimum Gasteiger partial charge on any atom is -0.478 e. The first-order valence-electron chi connectivity index (χ1n) is 6.61. The lowest BCUT2D eigenvalue weighted by molar-refractivity contribution is -0.136. The molecule has 1 atom stereocenters. The molecular formula is C14H23NO4. The van der Waals surface area contributed by atoms with Crippen LogP contribution < -0.4 is 5.32 Å². The maximum absolute atomic E-state index is 11.3. The zero-order chi connectivity index (χ0) is 14.8. The van der Waals surface area contributed by atoms with Gasteiger partial charge in [0.25, 0.3) is 0 Å². The van der Waals surface area contributed by atoms with Gasteiger partial charge in [-0.1, -0.05) is 32.8 Å². The SMILES string of the molecule is C=C(C)C(=O)O.CCCCCC1CCC(=O)NC1=O. The van der Waals surface area contributed by atoms with E-state index in [9.17, 15) is 14.4 Å². The van der Waals surface area contributed by atoms with Gasteiger partial charge in [0, 0.05) is 17.9 Å². The van der Waals surface area contributed by atoms with Crippen molar-refractivity contribution < 1.29 is 19.5 Å². The van der Waals surface area contributed by atoms with E-state index in [0.717, 1.165) is 19.3 Å². The molecular weight excluding hydrogens is 246 g/mol. The lowest BCUT2D eigenvalue weighted by Crippen LogP contribution is -2.40. The Morgan fingerprint density at radius 1 is 1.42 bits per heavy atom. The monoisotopic (exact) mass is 269 g/mol. The van der Waals surface area contributed by atoms with Crippen molar-refractivity contribution in [3.63, 3.8) is 0 Å². The van der Waals surface area contributed by atoms with Gasteiger partial charge in [-0.3, -0.25) is 14.9 Å². The quantitative estimate of drug-likeness (QED) is 0.455. The summed E-state index contributed by atoms with van der Waals surface area (Å²) in [5.41, 5.74) is 0.176. The van der Waals surface area contributed by atoms with Crippen molar-refractivity contribution in [2.24, 2.45) is 5.92 Å². The summed E-state index contributed by atoms with van der Waals surface area (Å²) in [6, 6.07) is 0. The molecule has 1 heterocycles. The molecule has 0 saturated carbocycles. The molecule has 2 amide bonds. The van der Waals surface area contributed by atoms with Crippen LogP contribution in [-0.2, 0) is 14.4 Å². The summed E-state index contributed by atoms with van der Waals surface area (Å²) in [5, 5.41) is 10.3. The number of carboxylic acid groups (broad SMARTS) is 1. The Kier molecular flexibility index (Phi) is 8.49. The van der Waals surface area contributed by atoms with E-state index in [1.165, 1.54) is 19.8 Å². The molecule has 1 saturated heterocycles. The highest BCUT2D eigenvalue weighted by molar-refractivity contribution is 5.98. The number of carboxylic acids is 1. The van der Waals surface area contributed by atoms with Crippen LogP contribution in [0.15, 0.2) is 12.2 Å². The largest absolute Gasteiger partial charge is 0.478 e. The van der Waals surface area contributed by atoms with Crippen LogP contribution in [-0.4, -0.2) is 22.9 Å². The van der Waals surface area contributed by atoms with Crippen molar-refractivity contribution in [3.05, 3.63) is 12.2 Å². The van der Waals surface area contributed by atoms with Crippen molar-refractivity contribution in [1.29, 1.82) is 0 Å². The van der Waals surface area contributed by atoms with Gasteiger partial charge in [0.15, 0.2) is 0 Å². The van der Waals surface area contributed by atoms with E-state index < -0.39 is 5.97 Å². The van der Waals surface area contributed by atoms with E-state index in [-0.39, 0.29) is 23.3 Å². The van der Waals surface area contributed by atoms with Crippen molar-refractivity contribution in [2.75, 3.05) is 0 Å². The Balaban J connectivity index is 0.000000459. The number of rotatable bonds is 5. The third-order valence-electron chi connectivity index (χ3n) is 2.87. The average Bonchev–Trinajstić information content (AvgIpc) is 2.33. The van der Waals surface area contributed by atoms with E-state index in [1.54, 1.807) is 0 Å². The molecule has 1 aliphatic rings. The first-order chi connectivity index (χ1) is 8.88. The van der Waals surface area contributed by atoms with E-state index in [1.807, 2.05) is 0 Å². The van der Waals surface area contributed by atoms with Crippen molar-refractivity contribution in [3.8, 4) is 0 Å². The molecule has 0 radical (unpaired) electrons. The van der Waals surface area contributed by atoms with E-state index >= 15 is 0 Å². The summed E-state index contributed by atoms with van der Waals surface area (Å²) in [6.45, 7) is 6.75. The van der Waals surface area contributed by atoms with Crippen molar-refractivity contribution in [2.45, 2.75) is 52.4 Å². The van der Waals surface area contributed by atoms with Crippen LogP contribution >= 0.6 is 0 Å². The van der Waals surface area contributed by atoms with Crippen LogP contribution in [0, 0.1) is 5.92 Å². The number of piperidine rings is 1. The van der Waals surface area contributed by atoms with E-state index in [4.69, 9.17) is 5.11 Å². The van der Waals surface area contributed by atoms with Gasteiger partial charge in [0.05, 0.1) is 0 Å². The molecule has 1 aliphatic heterocycles. The van der Waals surface area contributed by atoms with Gasteiger partial charge in [-0.05, 0) is 19.8 Å². The molecule has 108 valence electrons. The van der Waals surface area contributed by atoms with Crippen LogP contribution in [0.1, 0.15) is 52.4 Å². The Morgan fingerprint density at radius 2 is 2.00 bits per heavy atom. The van der Waals surface area contributed by atoms with Crippen LogP contribution in [0.25, 0.3) is 0 Å². The maximum Gasteiger partial charge on any atom is 0.330 e. The predicted molar refractivity (Wildman–Crippen MR) is 72.5 cm³/mol. The first kappa shape index (κ1) is 17.4. The highest BCUT2D eigenvalue weighted by Crippen LogP contribution is 2.18. The number of carbonyl (C=O) groups is 3. The van der Waals surface area contributed by atoms with Crippen LogP contribution in [0.3, 0.4) is 0 Å². The van der Waals surface area contributed by atoms with Crippen LogP contribution in [0.2, 0.25) is 0 Å². The minimum absolute atomic E-state index is 0.0626. The Bertz CT molecular complexity index is 337. The number of carbonyl (C=O) groups excluding carboxylic acids is 2. The second kappa shape index (κ2) is 9.30. The highest BCUT2D eigenvalue weighted by atomic mass is 16.4. The summed E-state index contributed by atoms with van der Waals surface area (Å²) in [7, 11) is 0. The van der Waals surface area contributed by atoms with Crippen LogP contribution in [0.4, 0.5) is 0 Å². The van der Waals surface area contributed by atoms with Gasteiger partial charge < -0.3 is 5.11 Å². The van der Waals surface area contributed by atoms with Gasteiger partial charge >= 0.3 is 5.97 Å². The fraction of sp³-hybridized carbons (Fsp3) is 0.643. The number of hydrogen-bond acceptors (Lipinski definition) is 3. The molecule has 5 heteroatoms. The molecule has 1 unspecified atom stereocenters. The predicted octanol–water partition coefficient (Wildman–Crippen LogP) is 2.27. The molecule has 0 aromatic carbocycles. The number of imide groups is 1. The van der Waals surface area contributed by atoms with Crippen LogP contribution in [0.5, 0.6) is 0 Å². The van der Waals surface area contributed by atoms with E-state index in [0.29, 0.717) is 6.42 Å². The molecule has 1 rings (SSSR count). The van der Waals surface area contributed by atoms with Gasteiger partial charge in [0.1, 0.15) is 0 Å². The fourth-order valence-corrected chi connectivity index (χ4v) is 1.65. The molecule has 0 aromatic rings. The van der Waals surface area contributed by atoms with Gasteiger partial charge in [-0.15, -0.1) is 0 Å². The number of aliphatic carboxylic acids is 1. The second-order valence-electron chi connectivity index (χ2n) is 4.73. The normalized spacial score (nSPS) is 18.1. The lowest BCUT2D eigenvalue weighted by atomic mass is 9.92. The molecule has 0 spiro atoms. The standard InChI is InChI=1S/C10H17NO2.C4H6O2/c1-2-3-4-5-8-6-7-9(12)11-10(8)13;1-3(2)4(5)6/h8H,2-7H2,1H3,(H,11,12,13);1H2,2H3,(H,5,6). The van der Waals surface area contributed by atoms with Gasteiger partial charge in [-0.2, -0.15) is 0 Å². The number of unbranched alkanes of at least 4 members (excludes halogenated alkanes) is 2. The Morgan fingerprint density at radius 3 is 2.42 bits per heavy atom. The smallest absolute Gasteiger partial charge is 0.330 e. The molecule has 2 N–H and O–H groups in total. The fourth-order valence-electron chi connectivity index (χ4n) is 1.65. The Labute approximate surface area is 114 Å². The summed E-state index contributed by atoms with van der Waals surface area (Å²) in [6.07, 6.45) is 5.65. The molecule has 1 fully saturated rings. The maximum atomic E-state index is 11.3. The molecule has 0 bridgehead atoms. The average molecular weight is 269 g/mol. The molecule has 0 aromatic heterocycles. The summed E-state index contributed by atoms with van der Waals surface area (Å²) in [5.74, 6) is -1.02.